The Labute approximate surface area is 93.4 Å². The standard InChI is InChI=1S/C11H14BrCl/c1-8(2)5-9-3-4-11(12)10(6-9)7-13/h3-4,6,8H,5,7H2,1-2H3. The van der Waals surface area contributed by atoms with E-state index in [1.54, 1.807) is 0 Å². The first-order valence-corrected chi connectivity index (χ1v) is 5.79. The molecule has 0 aliphatic carbocycles. The first-order chi connectivity index (χ1) is 6.13. The molecule has 0 radical (unpaired) electrons. The van der Waals surface area contributed by atoms with Crippen LogP contribution >= 0.6 is 27.5 Å². The molecule has 0 spiro atoms. The number of hydrogen-bond acceptors (Lipinski definition) is 0. The van der Waals surface area contributed by atoms with Gasteiger partial charge in [-0.2, -0.15) is 0 Å². The van der Waals surface area contributed by atoms with Gasteiger partial charge in [-0.25, -0.2) is 0 Å². The summed E-state index contributed by atoms with van der Waals surface area (Å²) in [5.41, 5.74) is 2.55. The second-order valence-corrected chi connectivity index (χ2v) is 4.78. The maximum atomic E-state index is 5.81. The van der Waals surface area contributed by atoms with Crippen molar-refractivity contribution in [2.45, 2.75) is 26.1 Å². The molecule has 0 atom stereocenters. The molecule has 13 heavy (non-hydrogen) atoms. The van der Waals surface area contributed by atoms with Crippen molar-refractivity contribution >= 4 is 27.5 Å². The van der Waals surface area contributed by atoms with Gasteiger partial charge >= 0.3 is 0 Å². The largest absolute Gasteiger partial charge is 0.122 e. The Balaban J connectivity index is 2.86. The van der Waals surface area contributed by atoms with Crippen LogP contribution in [0.15, 0.2) is 22.7 Å². The highest BCUT2D eigenvalue weighted by molar-refractivity contribution is 9.10. The third kappa shape index (κ3) is 3.32. The van der Waals surface area contributed by atoms with Crippen LogP contribution in [-0.4, -0.2) is 0 Å². The quantitative estimate of drug-likeness (QED) is 0.708. The van der Waals surface area contributed by atoms with Crippen molar-refractivity contribution < 1.29 is 0 Å². The van der Waals surface area contributed by atoms with Crippen LogP contribution in [0, 0.1) is 5.92 Å². The van der Waals surface area contributed by atoms with Crippen LogP contribution in [0.5, 0.6) is 0 Å². The maximum Gasteiger partial charge on any atom is 0.0485 e. The topological polar surface area (TPSA) is 0 Å². The highest BCUT2D eigenvalue weighted by atomic mass is 79.9. The minimum absolute atomic E-state index is 0.576. The minimum atomic E-state index is 0.576. The molecule has 0 fully saturated rings. The van der Waals surface area contributed by atoms with Crippen LogP contribution in [0.25, 0.3) is 0 Å². The van der Waals surface area contributed by atoms with E-state index in [1.807, 2.05) is 0 Å². The molecule has 0 bridgehead atoms. The highest BCUT2D eigenvalue weighted by Gasteiger charge is 2.02. The van der Waals surface area contributed by atoms with Crippen LogP contribution in [0.3, 0.4) is 0 Å². The first-order valence-electron chi connectivity index (χ1n) is 4.46. The molecule has 0 aliphatic heterocycles. The summed E-state index contributed by atoms with van der Waals surface area (Å²) in [4.78, 5) is 0. The summed E-state index contributed by atoms with van der Waals surface area (Å²) >= 11 is 9.28. The fraction of sp³-hybridized carbons (Fsp3) is 0.455. The Morgan fingerprint density at radius 2 is 2.08 bits per heavy atom. The Kier molecular flexibility index (Phi) is 4.27. The van der Waals surface area contributed by atoms with Gasteiger partial charge in [0.25, 0.3) is 0 Å². The fourth-order valence-electron chi connectivity index (χ4n) is 1.33. The summed E-state index contributed by atoms with van der Waals surface area (Å²) in [5.74, 6) is 1.27. The van der Waals surface area contributed by atoms with E-state index in [1.165, 1.54) is 11.1 Å². The van der Waals surface area contributed by atoms with Gasteiger partial charge in [0.05, 0.1) is 0 Å². The number of hydrogen-bond donors (Lipinski definition) is 0. The summed E-state index contributed by atoms with van der Waals surface area (Å²) < 4.78 is 1.11. The van der Waals surface area contributed by atoms with Crippen molar-refractivity contribution in [3.8, 4) is 0 Å². The Morgan fingerprint density at radius 3 is 2.62 bits per heavy atom. The van der Waals surface area contributed by atoms with E-state index in [-0.39, 0.29) is 0 Å². The molecular weight excluding hydrogens is 247 g/mol. The fourth-order valence-corrected chi connectivity index (χ4v) is 2.10. The van der Waals surface area contributed by atoms with Gasteiger partial charge < -0.3 is 0 Å². The lowest BCUT2D eigenvalue weighted by Gasteiger charge is -2.07. The van der Waals surface area contributed by atoms with Gasteiger partial charge in [-0.15, -0.1) is 11.6 Å². The number of benzene rings is 1. The van der Waals surface area contributed by atoms with Crippen molar-refractivity contribution in [1.82, 2.24) is 0 Å². The average Bonchev–Trinajstić information content (AvgIpc) is 2.07. The van der Waals surface area contributed by atoms with Crippen LogP contribution in [0.1, 0.15) is 25.0 Å². The van der Waals surface area contributed by atoms with Gasteiger partial charge in [0.2, 0.25) is 0 Å². The lowest BCUT2D eigenvalue weighted by atomic mass is 10.0. The summed E-state index contributed by atoms with van der Waals surface area (Å²) in [6.07, 6.45) is 1.12. The second-order valence-electron chi connectivity index (χ2n) is 3.66. The molecule has 0 saturated carbocycles. The maximum absolute atomic E-state index is 5.81. The molecule has 2 heteroatoms. The zero-order valence-electron chi connectivity index (χ0n) is 7.98. The van der Waals surface area contributed by atoms with Gasteiger partial charge in [0.15, 0.2) is 0 Å². The number of rotatable bonds is 3. The Morgan fingerprint density at radius 1 is 1.38 bits per heavy atom. The molecule has 0 unspecified atom stereocenters. The SMILES string of the molecule is CC(C)Cc1ccc(Br)c(CCl)c1. The van der Waals surface area contributed by atoms with E-state index in [2.05, 4.69) is 48.0 Å². The van der Waals surface area contributed by atoms with Crippen molar-refractivity contribution in [3.05, 3.63) is 33.8 Å². The monoisotopic (exact) mass is 260 g/mol. The van der Waals surface area contributed by atoms with Gasteiger partial charge in [0.1, 0.15) is 0 Å². The summed E-state index contributed by atoms with van der Waals surface area (Å²) in [7, 11) is 0. The van der Waals surface area contributed by atoms with E-state index in [9.17, 15) is 0 Å². The van der Waals surface area contributed by atoms with E-state index in [0.29, 0.717) is 11.8 Å². The van der Waals surface area contributed by atoms with E-state index in [0.717, 1.165) is 10.9 Å². The van der Waals surface area contributed by atoms with Crippen LogP contribution in [0.4, 0.5) is 0 Å². The van der Waals surface area contributed by atoms with E-state index >= 15 is 0 Å². The molecule has 1 aromatic rings. The van der Waals surface area contributed by atoms with E-state index < -0.39 is 0 Å². The van der Waals surface area contributed by atoms with E-state index in [4.69, 9.17) is 11.6 Å². The van der Waals surface area contributed by atoms with Crippen molar-refractivity contribution in [2.75, 3.05) is 0 Å². The highest BCUT2D eigenvalue weighted by Crippen LogP contribution is 2.21. The molecule has 0 N–H and O–H groups in total. The van der Waals surface area contributed by atoms with Crippen molar-refractivity contribution in [1.29, 1.82) is 0 Å². The summed E-state index contributed by atoms with van der Waals surface area (Å²) in [6.45, 7) is 4.45. The van der Waals surface area contributed by atoms with Crippen LogP contribution < -0.4 is 0 Å². The molecule has 0 aliphatic rings. The Hall–Kier alpha value is -0.0100. The normalized spacial score (nSPS) is 10.8. The van der Waals surface area contributed by atoms with Crippen LogP contribution in [0.2, 0.25) is 0 Å². The van der Waals surface area contributed by atoms with Crippen molar-refractivity contribution in [2.24, 2.45) is 5.92 Å². The minimum Gasteiger partial charge on any atom is -0.122 e. The zero-order valence-corrected chi connectivity index (χ0v) is 10.3. The third-order valence-corrected chi connectivity index (χ3v) is 2.96. The molecule has 1 aromatic carbocycles. The van der Waals surface area contributed by atoms with Gasteiger partial charge in [-0.05, 0) is 29.5 Å². The number of halogens is 2. The van der Waals surface area contributed by atoms with Gasteiger partial charge in [0, 0.05) is 10.4 Å². The molecule has 72 valence electrons. The lowest BCUT2D eigenvalue weighted by molar-refractivity contribution is 0.647. The smallest absolute Gasteiger partial charge is 0.0485 e. The Bertz CT molecular complexity index is 281. The predicted molar refractivity (Wildman–Crippen MR) is 62.2 cm³/mol. The first kappa shape index (κ1) is 11.1. The lowest BCUT2D eigenvalue weighted by Crippen LogP contribution is -1.95. The van der Waals surface area contributed by atoms with Gasteiger partial charge in [-0.3, -0.25) is 0 Å². The summed E-state index contributed by atoms with van der Waals surface area (Å²) in [5, 5.41) is 0. The number of alkyl halides is 1. The van der Waals surface area contributed by atoms with Gasteiger partial charge in [-0.1, -0.05) is 41.9 Å². The predicted octanol–water partition coefficient (Wildman–Crippen LogP) is 4.39. The third-order valence-electron chi connectivity index (χ3n) is 1.90. The average molecular weight is 262 g/mol. The van der Waals surface area contributed by atoms with Crippen LogP contribution in [-0.2, 0) is 12.3 Å². The van der Waals surface area contributed by atoms with Crippen molar-refractivity contribution in [3.63, 3.8) is 0 Å². The molecule has 0 heterocycles. The molecule has 0 aromatic heterocycles. The second kappa shape index (κ2) is 5.02. The molecule has 0 nitrogen and oxygen atoms in total. The zero-order chi connectivity index (χ0) is 9.84. The molecule has 0 amide bonds. The summed E-state index contributed by atoms with van der Waals surface area (Å²) in [6, 6.07) is 6.41. The molecular formula is C11H14BrCl. The molecule has 1 rings (SSSR count). The molecule has 0 saturated heterocycles.